The smallest absolute Gasteiger partial charge is 0.239 e. The zero-order chi connectivity index (χ0) is 15.5. The van der Waals surface area contributed by atoms with E-state index < -0.39 is 0 Å². The highest BCUT2D eigenvalue weighted by molar-refractivity contribution is 7.99. The predicted molar refractivity (Wildman–Crippen MR) is 78.6 cm³/mol. The van der Waals surface area contributed by atoms with Crippen molar-refractivity contribution in [2.45, 2.75) is 23.8 Å². The molecule has 1 aromatic carbocycles. The number of thioether (sulfide) groups is 1. The fourth-order valence-corrected chi connectivity index (χ4v) is 2.57. The van der Waals surface area contributed by atoms with Crippen molar-refractivity contribution in [2.24, 2.45) is 0 Å². The molecule has 0 aliphatic heterocycles. The number of nitrogen functional groups attached to an aromatic ring is 1. The molecule has 0 bridgehead atoms. The number of anilines is 1. The molecule has 9 heteroatoms. The lowest BCUT2D eigenvalue weighted by Crippen LogP contribution is -1.93. The van der Waals surface area contributed by atoms with E-state index in [0.717, 1.165) is 5.56 Å². The zero-order valence-corrected chi connectivity index (χ0v) is 12.5. The highest BCUT2D eigenvalue weighted by Crippen LogP contribution is 2.31. The van der Waals surface area contributed by atoms with E-state index in [0.29, 0.717) is 23.3 Å². The molecule has 114 valence electrons. The van der Waals surface area contributed by atoms with Crippen LogP contribution >= 0.6 is 11.8 Å². The molecule has 0 aliphatic carbocycles. The van der Waals surface area contributed by atoms with Crippen LogP contribution in [-0.2, 0) is 6.42 Å². The number of H-pyrrole nitrogens is 1. The summed E-state index contributed by atoms with van der Waals surface area (Å²) in [4.78, 5) is 8.35. The topological polar surface area (TPSA) is 107 Å². The first-order chi connectivity index (χ1) is 10.6. The van der Waals surface area contributed by atoms with E-state index in [1.54, 1.807) is 12.1 Å². The number of nitrogens with two attached hydrogens (primary N) is 1. The van der Waals surface area contributed by atoms with Crippen LogP contribution in [0, 0.1) is 5.82 Å². The van der Waals surface area contributed by atoms with E-state index in [1.165, 1.54) is 23.9 Å². The Morgan fingerprint density at radius 1 is 1.32 bits per heavy atom. The lowest BCUT2D eigenvalue weighted by Gasteiger charge is -2.01. The number of hydrogen-bond donors (Lipinski definition) is 2. The molecule has 2 aromatic heterocycles. The highest BCUT2D eigenvalue weighted by Gasteiger charge is 2.18. The van der Waals surface area contributed by atoms with Crippen molar-refractivity contribution in [1.82, 2.24) is 25.3 Å². The number of nitrogens with one attached hydrogen (secondary N) is 1. The second-order valence-electron chi connectivity index (χ2n) is 4.62. The van der Waals surface area contributed by atoms with Crippen molar-refractivity contribution in [2.75, 3.05) is 5.73 Å². The summed E-state index contributed by atoms with van der Waals surface area (Å²) in [6.45, 7) is 1.91. The van der Waals surface area contributed by atoms with Gasteiger partial charge in [0.1, 0.15) is 5.82 Å². The van der Waals surface area contributed by atoms with Crippen molar-refractivity contribution < 1.29 is 8.91 Å². The second-order valence-corrected chi connectivity index (χ2v) is 5.92. The summed E-state index contributed by atoms with van der Waals surface area (Å²) in [7, 11) is 0. The number of rotatable bonds is 5. The molecule has 0 amide bonds. The maximum Gasteiger partial charge on any atom is 0.239 e. The lowest BCUT2D eigenvalue weighted by molar-refractivity contribution is 0.375. The van der Waals surface area contributed by atoms with Crippen molar-refractivity contribution in [1.29, 1.82) is 0 Å². The SMILES string of the molecule is CC(Sc1n[nH]c(N)n1)c1nc(Cc2ccc(F)cc2)no1. The maximum atomic E-state index is 12.9. The largest absolute Gasteiger partial charge is 0.368 e. The molecule has 1 unspecified atom stereocenters. The molecular weight excluding hydrogens is 307 g/mol. The highest BCUT2D eigenvalue weighted by atomic mass is 32.2. The molecule has 0 saturated heterocycles. The summed E-state index contributed by atoms with van der Waals surface area (Å²) in [5, 5.41) is 10.9. The standard InChI is InChI=1S/C13H13FN6OS/c1-7(22-13-17-12(15)18-19-13)11-16-10(20-21-11)6-8-2-4-9(14)5-3-8/h2-5,7H,6H2,1H3,(H3,15,17,18,19). The minimum Gasteiger partial charge on any atom is -0.368 e. The number of halogens is 1. The van der Waals surface area contributed by atoms with Crippen molar-refractivity contribution >= 4 is 17.7 Å². The number of benzene rings is 1. The van der Waals surface area contributed by atoms with Gasteiger partial charge < -0.3 is 10.3 Å². The van der Waals surface area contributed by atoms with E-state index in [2.05, 4.69) is 25.3 Å². The van der Waals surface area contributed by atoms with Gasteiger partial charge in [-0.3, -0.25) is 0 Å². The number of nitrogens with zero attached hydrogens (tertiary/aromatic N) is 4. The van der Waals surface area contributed by atoms with Gasteiger partial charge in [0, 0.05) is 6.42 Å². The van der Waals surface area contributed by atoms with Crippen LogP contribution in [0.2, 0.25) is 0 Å². The molecule has 0 spiro atoms. The van der Waals surface area contributed by atoms with Gasteiger partial charge >= 0.3 is 0 Å². The first-order valence-electron chi connectivity index (χ1n) is 6.51. The predicted octanol–water partition coefficient (Wildman–Crippen LogP) is 2.35. The second kappa shape index (κ2) is 6.14. The van der Waals surface area contributed by atoms with Gasteiger partial charge in [-0.25, -0.2) is 9.49 Å². The third-order valence-corrected chi connectivity index (χ3v) is 3.82. The van der Waals surface area contributed by atoms with Crippen LogP contribution in [0.4, 0.5) is 10.3 Å². The van der Waals surface area contributed by atoms with Crippen molar-refractivity contribution in [3.05, 3.63) is 47.4 Å². The van der Waals surface area contributed by atoms with Crippen LogP contribution in [0.3, 0.4) is 0 Å². The normalized spacial score (nSPS) is 12.5. The molecule has 3 N–H and O–H groups in total. The molecule has 1 atom stereocenters. The Morgan fingerprint density at radius 2 is 2.09 bits per heavy atom. The molecule has 2 heterocycles. The van der Waals surface area contributed by atoms with Crippen LogP contribution < -0.4 is 5.73 Å². The van der Waals surface area contributed by atoms with Crippen LogP contribution in [0.1, 0.15) is 29.5 Å². The molecule has 0 fully saturated rings. The van der Waals surface area contributed by atoms with Gasteiger partial charge in [0.15, 0.2) is 5.82 Å². The van der Waals surface area contributed by atoms with Gasteiger partial charge in [-0.05, 0) is 24.6 Å². The van der Waals surface area contributed by atoms with Gasteiger partial charge in [-0.15, -0.1) is 5.10 Å². The Hall–Kier alpha value is -2.42. The summed E-state index contributed by atoms with van der Waals surface area (Å²) in [6, 6.07) is 6.20. The van der Waals surface area contributed by atoms with Gasteiger partial charge in [-0.2, -0.15) is 9.97 Å². The average Bonchev–Trinajstić information content (AvgIpc) is 3.11. The fraction of sp³-hybridized carbons (Fsp3) is 0.231. The quantitative estimate of drug-likeness (QED) is 0.695. The van der Waals surface area contributed by atoms with E-state index >= 15 is 0 Å². The number of hydrogen-bond acceptors (Lipinski definition) is 7. The third-order valence-electron chi connectivity index (χ3n) is 2.87. The van der Waals surface area contributed by atoms with Gasteiger partial charge in [0.05, 0.1) is 5.25 Å². The van der Waals surface area contributed by atoms with E-state index in [9.17, 15) is 4.39 Å². The van der Waals surface area contributed by atoms with Crippen LogP contribution in [-0.4, -0.2) is 25.3 Å². The Labute approximate surface area is 129 Å². The van der Waals surface area contributed by atoms with E-state index in [-0.39, 0.29) is 17.0 Å². The first-order valence-corrected chi connectivity index (χ1v) is 7.39. The van der Waals surface area contributed by atoms with E-state index in [4.69, 9.17) is 10.3 Å². The van der Waals surface area contributed by atoms with Crippen LogP contribution in [0.5, 0.6) is 0 Å². The number of aromatic amines is 1. The molecule has 0 radical (unpaired) electrons. The molecule has 0 aliphatic rings. The summed E-state index contributed by atoms with van der Waals surface area (Å²) in [5.74, 6) is 1.01. The number of aromatic nitrogens is 5. The molecule has 0 saturated carbocycles. The third kappa shape index (κ3) is 3.42. The van der Waals surface area contributed by atoms with Crippen molar-refractivity contribution in [3.8, 4) is 0 Å². The van der Waals surface area contributed by atoms with Crippen LogP contribution in [0.15, 0.2) is 33.9 Å². The maximum absolute atomic E-state index is 12.9. The molecule has 22 heavy (non-hydrogen) atoms. The van der Waals surface area contributed by atoms with Gasteiger partial charge in [-0.1, -0.05) is 29.1 Å². The Kier molecular flexibility index (Phi) is 4.05. The Balaban J connectivity index is 1.66. The minimum atomic E-state index is -0.270. The van der Waals surface area contributed by atoms with Crippen LogP contribution in [0.25, 0.3) is 0 Å². The first kappa shape index (κ1) is 14.5. The molecular formula is C13H13FN6OS. The monoisotopic (exact) mass is 320 g/mol. The average molecular weight is 320 g/mol. The summed E-state index contributed by atoms with van der Waals surface area (Å²) >= 11 is 1.36. The molecule has 3 aromatic rings. The summed E-state index contributed by atoms with van der Waals surface area (Å²) in [5.41, 5.74) is 6.39. The van der Waals surface area contributed by atoms with Gasteiger partial charge in [0.2, 0.25) is 17.0 Å². The Bertz CT molecular complexity index is 756. The van der Waals surface area contributed by atoms with Crippen molar-refractivity contribution in [3.63, 3.8) is 0 Å². The fourth-order valence-electron chi connectivity index (χ4n) is 1.81. The summed E-state index contributed by atoms with van der Waals surface area (Å²) < 4.78 is 18.1. The molecule has 3 rings (SSSR count). The van der Waals surface area contributed by atoms with Gasteiger partial charge in [0.25, 0.3) is 0 Å². The Morgan fingerprint density at radius 3 is 2.77 bits per heavy atom. The zero-order valence-electron chi connectivity index (χ0n) is 11.7. The van der Waals surface area contributed by atoms with E-state index in [1.807, 2.05) is 6.92 Å². The molecule has 7 nitrogen and oxygen atoms in total. The summed E-state index contributed by atoms with van der Waals surface area (Å²) in [6.07, 6.45) is 0.481. The lowest BCUT2D eigenvalue weighted by atomic mass is 10.1. The minimum absolute atomic E-state index is 0.107.